The number of amides is 1. The predicted molar refractivity (Wildman–Crippen MR) is 62.7 cm³/mol. The maximum atomic E-state index is 11.5. The first-order valence-electron chi connectivity index (χ1n) is 5.97. The molecule has 2 atom stereocenters. The highest BCUT2D eigenvalue weighted by Gasteiger charge is 2.35. The van der Waals surface area contributed by atoms with Gasteiger partial charge in [-0.15, -0.1) is 0 Å². The zero-order valence-corrected chi connectivity index (χ0v) is 10.4. The van der Waals surface area contributed by atoms with Crippen LogP contribution in [0.15, 0.2) is 0 Å². The van der Waals surface area contributed by atoms with Gasteiger partial charge >= 0.3 is 0 Å². The summed E-state index contributed by atoms with van der Waals surface area (Å²) in [5.41, 5.74) is -0.120. The van der Waals surface area contributed by atoms with E-state index in [1.807, 2.05) is 20.8 Å². The molecule has 1 rings (SSSR count). The van der Waals surface area contributed by atoms with Gasteiger partial charge in [0.1, 0.15) is 0 Å². The number of carbonyl (C=O) groups excluding carboxylic acids is 1. The number of nitrogens with one attached hydrogen (secondary N) is 2. The molecule has 1 amide bonds. The standard InChI is InChI=1S/C12H24N2O/c1-5-6-9-7-10(9)13-8-11(15)14-12(2,3)4/h9-10,13H,5-8H2,1-4H3,(H,14,15). The second-order valence-electron chi connectivity index (χ2n) is 5.57. The maximum Gasteiger partial charge on any atom is 0.234 e. The highest BCUT2D eigenvalue weighted by molar-refractivity contribution is 5.78. The lowest BCUT2D eigenvalue weighted by Crippen LogP contribution is -2.45. The third-order valence-corrected chi connectivity index (χ3v) is 2.62. The Morgan fingerprint density at radius 3 is 2.60 bits per heavy atom. The van der Waals surface area contributed by atoms with Gasteiger partial charge in [0.15, 0.2) is 0 Å². The minimum atomic E-state index is -0.120. The molecule has 15 heavy (non-hydrogen) atoms. The lowest BCUT2D eigenvalue weighted by molar-refractivity contribution is -0.121. The van der Waals surface area contributed by atoms with Crippen molar-refractivity contribution in [3.8, 4) is 0 Å². The third kappa shape index (κ3) is 5.17. The summed E-state index contributed by atoms with van der Waals surface area (Å²) < 4.78 is 0. The van der Waals surface area contributed by atoms with Gasteiger partial charge in [0.25, 0.3) is 0 Å². The van der Waals surface area contributed by atoms with Gasteiger partial charge in [0.05, 0.1) is 6.54 Å². The van der Waals surface area contributed by atoms with Crippen LogP contribution in [0.1, 0.15) is 47.0 Å². The summed E-state index contributed by atoms with van der Waals surface area (Å²) in [6.45, 7) is 8.68. The maximum absolute atomic E-state index is 11.5. The molecule has 0 bridgehead atoms. The Hall–Kier alpha value is -0.570. The van der Waals surface area contributed by atoms with E-state index in [1.165, 1.54) is 19.3 Å². The molecule has 0 saturated heterocycles. The fourth-order valence-corrected chi connectivity index (χ4v) is 1.87. The summed E-state index contributed by atoms with van der Waals surface area (Å²) >= 11 is 0. The quantitative estimate of drug-likeness (QED) is 0.728. The topological polar surface area (TPSA) is 41.1 Å². The second kappa shape index (κ2) is 4.97. The lowest BCUT2D eigenvalue weighted by Gasteiger charge is -2.20. The second-order valence-corrected chi connectivity index (χ2v) is 5.57. The van der Waals surface area contributed by atoms with Crippen molar-refractivity contribution in [2.24, 2.45) is 5.92 Å². The molecule has 1 aliphatic carbocycles. The first kappa shape index (κ1) is 12.5. The average molecular weight is 212 g/mol. The van der Waals surface area contributed by atoms with Gasteiger partial charge in [-0.1, -0.05) is 13.3 Å². The monoisotopic (exact) mass is 212 g/mol. The zero-order chi connectivity index (χ0) is 11.5. The Morgan fingerprint density at radius 1 is 1.40 bits per heavy atom. The average Bonchev–Trinajstić information content (AvgIpc) is 2.78. The Balaban J connectivity index is 2.09. The molecule has 0 aromatic rings. The van der Waals surface area contributed by atoms with E-state index in [4.69, 9.17) is 0 Å². The van der Waals surface area contributed by atoms with Crippen LogP contribution in [0.3, 0.4) is 0 Å². The van der Waals surface area contributed by atoms with E-state index in [0.29, 0.717) is 12.6 Å². The van der Waals surface area contributed by atoms with Crippen molar-refractivity contribution in [1.82, 2.24) is 10.6 Å². The highest BCUT2D eigenvalue weighted by atomic mass is 16.2. The van der Waals surface area contributed by atoms with E-state index < -0.39 is 0 Å². The Bertz CT molecular complexity index is 220. The van der Waals surface area contributed by atoms with Crippen LogP contribution in [0, 0.1) is 5.92 Å². The SMILES string of the molecule is CCCC1CC1NCC(=O)NC(C)(C)C. The fraction of sp³-hybridized carbons (Fsp3) is 0.917. The largest absolute Gasteiger partial charge is 0.350 e. The molecule has 0 aliphatic heterocycles. The van der Waals surface area contributed by atoms with E-state index in [-0.39, 0.29) is 11.4 Å². The molecule has 2 N–H and O–H groups in total. The zero-order valence-electron chi connectivity index (χ0n) is 10.4. The molecule has 1 fully saturated rings. The molecule has 0 spiro atoms. The van der Waals surface area contributed by atoms with Crippen molar-refractivity contribution >= 4 is 5.91 Å². The van der Waals surface area contributed by atoms with Crippen LogP contribution in [-0.2, 0) is 4.79 Å². The first-order chi connectivity index (χ1) is 6.92. The predicted octanol–water partition coefficient (Wildman–Crippen LogP) is 1.68. The van der Waals surface area contributed by atoms with E-state index in [9.17, 15) is 4.79 Å². The summed E-state index contributed by atoms with van der Waals surface area (Å²) in [6, 6.07) is 0.593. The van der Waals surface area contributed by atoms with Crippen LogP contribution < -0.4 is 10.6 Å². The van der Waals surface area contributed by atoms with Gasteiger partial charge in [-0.25, -0.2) is 0 Å². The van der Waals surface area contributed by atoms with Gasteiger partial charge in [-0.2, -0.15) is 0 Å². The summed E-state index contributed by atoms with van der Waals surface area (Å²) in [5.74, 6) is 0.919. The molecule has 0 heterocycles. The lowest BCUT2D eigenvalue weighted by atomic mass is 10.1. The van der Waals surface area contributed by atoms with Gasteiger partial charge in [0.2, 0.25) is 5.91 Å². The van der Waals surface area contributed by atoms with Crippen LogP contribution in [0.25, 0.3) is 0 Å². The van der Waals surface area contributed by atoms with E-state index in [0.717, 1.165) is 5.92 Å². The molecule has 0 radical (unpaired) electrons. The van der Waals surface area contributed by atoms with Crippen LogP contribution in [0.2, 0.25) is 0 Å². The molecule has 1 saturated carbocycles. The number of rotatable bonds is 5. The minimum absolute atomic E-state index is 0.102. The van der Waals surface area contributed by atoms with Crippen molar-refractivity contribution in [2.45, 2.75) is 58.5 Å². The van der Waals surface area contributed by atoms with Crippen molar-refractivity contribution in [3.05, 3.63) is 0 Å². The van der Waals surface area contributed by atoms with Crippen LogP contribution in [0.5, 0.6) is 0 Å². The molecule has 3 heteroatoms. The summed E-state index contributed by atoms with van der Waals surface area (Å²) in [6.07, 6.45) is 3.78. The Kier molecular flexibility index (Phi) is 4.14. The number of hydrogen-bond acceptors (Lipinski definition) is 2. The molecule has 0 aromatic heterocycles. The van der Waals surface area contributed by atoms with Gasteiger partial charge in [-0.05, 0) is 39.5 Å². The smallest absolute Gasteiger partial charge is 0.234 e. The third-order valence-electron chi connectivity index (χ3n) is 2.62. The highest BCUT2D eigenvalue weighted by Crippen LogP contribution is 2.34. The normalized spacial score (nSPS) is 25.1. The van der Waals surface area contributed by atoms with Gasteiger partial charge < -0.3 is 10.6 Å². The van der Waals surface area contributed by atoms with Crippen molar-refractivity contribution in [2.75, 3.05) is 6.54 Å². The van der Waals surface area contributed by atoms with Gasteiger partial charge in [0, 0.05) is 11.6 Å². The molecular weight excluding hydrogens is 188 g/mol. The number of carbonyl (C=O) groups is 1. The Morgan fingerprint density at radius 2 is 2.07 bits per heavy atom. The Labute approximate surface area is 93.0 Å². The van der Waals surface area contributed by atoms with Crippen molar-refractivity contribution < 1.29 is 4.79 Å². The first-order valence-corrected chi connectivity index (χ1v) is 5.97. The summed E-state index contributed by atoms with van der Waals surface area (Å²) in [5, 5.41) is 6.25. The van der Waals surface area contributed by atoms with Crippen LogP contribution in [-0.4, -0.2) is 24.0 Å². The van der Waals surface area contributed by atoms with Crippen LogP contribution in [0.4, 0.5) is 0 Å². The summed E-state index contributed by atoms with van der Waals surface area (Å²) in [4.78, 5) is 11.5. The molecule has 2 unspecified atom stereocenters. The van der Waals surface area contributed by atoms with E-state index >= 15 is 0 Å². The number of hydrogen-bond donors (Lipinski definition) is 2. The van der Waals surface area contributed by atoms with Crippen LogP contribution >= 0.6 is 0 Å². The van der Waals surface area contributed by atoms with Crippen molar-refractivity contribution in [1.29, 1.82) is 0 Å². The van der Waals surface area contributed by atoms with E-state index in [1.54, 1.807) is 0 Å². The molecule has 1 aliphatic rings. The summed E-state index contributed by atoms with van der Waals surface area (Å²) in [7, 11) is 0. The minimum Gasteiger partial charge on any atom is -0.350 e. The molecule has 88 valence electrons. The van der Waals surface area contributed by atoms with Gasteiger partial charge in [-0.3, -0.25) is 4.79 Å². The van der Waals surface area contributed by atoms with E-state index in [2.05, 4.69) is 17.6 Å². The molecule has 3 nitrogen and oxygen atoms in total. The molecular formula is C12H24N2O. The van der Waals surface area contributed by atoms with Crippen molar-refractivity contribution in [3.63, 3.8) is 0 Å². The fourth-order valence-electron chi connectivity index (χ4n) is 1.87. The molecule has 0 aromatic carbocycles.